The Labute approximate surface area is 180 Å². The van der Waals surface area contributed by atoms with Crippen LogP contribution in [0.2, 0.25) is 0 Å². The number of ether oxygens (including phenoxy) is 1. The summed E-state index contributed by atoms with van der Waals surface area (Å²) in [7, 11) is 0. The Morgan fingerprint density at radius 3 is 2.70 bits per heavy atom. The molecule has 1 N–H and O–H groups in total. The number of hydrogen-bond acceptors (Lipinski definition) is 6. The predicted molar refractivity (Wildman–Crippen MR) is 117 cm³/mol. The molecule has 0 saturated heterocycles. The normalized spacial score (nSPS) is 15.1. The molecule has 3 rings (SSSR count). The van der Waals surface area contributed by atoms with Crippen LogP contribution in [0.1, 0.15) is 68.0 Å². The number of amides is 1. The van der Waals surface area contributed by atoms with E-state index in [9.17, 15) is 14.4 Å². The monoisotopic (exact) mass is 429 g/mol. The zero-order valence-corrected chi connectivity index (χ0v) is 18.3. The number of hydrogen-bond donors (Lipinski definition) is 1. The van der Waals surface area contributed by atoms with Crippen molar-refractivity contribution in [1.29, 1.82) is 0 Å². The SMILES string of the molecule is CCCCOC(=O)c1ccc(NC(=O)CC2CSc3nc(C(C)C)cc(=O)n32)cc1. The van der Waals surface area contributed by atoms with Crippen LogP contribution in [0, 0.1) is 0 Å². The summed E-state index contributed by atoms with van der Waals surface area (Å²) in [4.78, 5) is 41.5. The van der Waals surface area contributed by atoms with Crippen LogP contribution in [-0.4, -0.2) is 33.8 Å². The molecular weight excluding hydrogens is 402 g/mol. The molecular formula is C22H27N3O4S. The molecule has 1 atom stereocenters. The van der Waals surface area contributed by atoms with Gasteiger partial charge in [0.2, 0.25) is 5.91 Å². The molecule has 1 aromatic heterocycles. The second-order valence-corrected chi connectivity index (χ2v) is 8.60. The van der Waals surface area contributed by atoms with Gasteiger partial charge in [-0.1, -0.05) is 39.0 Å². The number of esters is 1. The largest absolute Gasteiger partial charge is 0.462 e. The highest BCUT2D eigenvalue weighted by molar-refractivity contribution is 7.99. The maximum atomic E-state index is 12.5. The van der Waals surface area contributed by atoms with E-state index in [1.165, 1.54) is 11.8 Å². The van der Waals surface area contributed by atoms with Crippen LogP contribution in [0.25, 0.3) is 0 Å². The lowest BCUT2D eigenvalue weighted by Crippen LogP contribution is -2.28. The number of nitrogens with one attached hydrogen (secondary N) is 1. The highest BCUT2D eigenvalue weighted by atomic mass is 32.2. The van der Waals surface area contributed by atoms with E-state index in [1.54, 1.807) is 34.9 Å². The summed E-state index contributed by atoms with van der Waals surface area (Å²) in [6.07, 6.45) is 1.98. The Balaban J connectivity index is 1.60. The number of rotatable bonds is 8. The number of nitrogens with zero attached hydrogens (tertiary/aromatic N) is 2. The summed E-state index contributed by atoms with van der Waals surface area (Å²) in [5.41, 5.74) is 1.70. The fourth-order valence-electron chi connectivity index (χ4n) is 3.12. The number of anilines is 1. The molecule has 1 aliphatic heterocycles. The van der Waals surface area contributed by atoms with E-state index in [4.69, 9.17) is 4.74 Å². The van der Waals surface area contributed by atoms with Gasteiger partial charge in [0.05, 0.1) is 23.9 Å². The van der Waals surface area contributed by atoms with E-state index >= 15 is 0 Å². The summed E-state index contributed by atoms with van der Waals surface area (Å²) in [6.45, 7) is 6.44. The van der Waals surface area contributed by atoms with E-state index < -0.39 is 0 Å². The van der Waals surface area contributed by atoms with Gasteiger partial charge in [-0.25, -0.2) is 9.78 Å². The summed E-state index contributed by atoms with van der Waals surface area (Å²) >= 11 is 1.50. The maximum absolute atomic E-state index is 12.5. The van der Waals surface area contributed by atoms with Crippen LogP contribution in [0.4, 0.5) is 5.69 Å². The standard InChI is InChI=1S/C22H27N3O4S/c1-4-5-10-29-21(28)15-6-8-16(9-7-15)23-19(26)11-17-13-30-22-24-18(14(2)3)12-20(27)25(17)22/h6-9,12,14,17H,4-5,10-11,13H2,1-3H3,(H,23,26). The topological polar surface area (TPSA) is 90.3 Å². The summed E-state index contributed by atoms with van der Waals surface area (Å²) in [5.74, 6) is 0.262. The third-order valence-electron chi connectivity index (χ3n) is 4.86. The van der Waals surface area contributed by atoms with Crippen LogP contribution in [0.5, 0.6) is 0 Å². The molecule has 1 aliphatic rings. The molecule has 0 fully saturated rings. The van der Waals surface area contributed by atoms with Gasteiger partial charge in [0.1, 0.15) is 0 Å². The molecule has 2 aromatic rings. The summed E-state index contributed by atoms with van der Waals surface area (Å²) in [5, 5.41) is 3.51. The van der Waals surface area contributed by atoms with Crippen molar-refractivity contribution in [1.82, 2.24) is 9.55 Å². The van der Waals surface area contributed by atoms with Crippen molar-refractivity contribution in [2.45, 2.75) is 57.1 Å². The van der Waals surface area contributed by atoms with Gasteiger partial charge in [-0.05, 0) is 36.6 Å². The Bertz CT molecular complexity index is 969. The maximum Gasteiger partial charge on any atom is 0.338 e. The van der Waals surface area contributed by atoms with Crippen molar-refractivity contribution in [3.05, 3.63) is 51.9 Å². The van der Waals surface area contributed by atoms with Crippen LogP contribution in [0.3, 0.4) is 0 Å². The van der Waals surface area contributed by atoms with Crippen LogP contribution in [0.15, 0.2) is 40.3 Å². The number of aromatic nitrogens is 2. The van der Waals surface area contributed by atoms with E-state index in [0.717, 1.165) is 18.5 Å². The van der Waals surface area contributed by atoms with Crippen LogP contribution < -0.4 is 10.9 Å². The van der Waals surface area contributed by atoms with Gasteiger partial charge < -0.3 is 10.1 Å². The minimum atomic E-state index is -0.367. The highest BCUT2D eigenvalue weighted by Crippen LogP contribution is 2.33. The van der Waals surface area contributed by atoms with Gasteiger partial charge in [0, 0.05) is 23.9 Å². The van der Waals surface area contributed by atoms with Crippen LogP contribution >= 0.6 is 11.8 Å². The van der Waals surface area contributed by atoms with Crippen molar-refractivity contribution in [2.24, 2.45) is 0 Å². The van der Waals surface area contributed by atoms with Crippen molar-refractivity contribution >= 4 is 29.3 Å². The number of unbranched alkanes of at least 4 members (excludes halogenated alkanes) is 1. The Morgan fingerprint density at radius 1 is 1.30 bits per heavy atom. The molecule has 30 heavy (non-hydrogen) atoms. The van der Waals surface area contributed by atoms with Gasteiger partial charge in [-0.3, -0.25) is 14.2 Å². The average Bonchev–Trinajstić information content (AvgIpc) is 3.11. The number of carbonyl (C=O) groups excluding carboxylic acids is 2. The van der Waals surface area contributed by atoms with E-state index in [-0.39, 0.29) is 35.8 Å². The molecule has 8 heteroatoms. The van der Waals surface area contributed by atoms with Crippen LogP contribution in [-0.2, 0) is 9.53 Å². The fraction of sp³-hybridized carbons (Fsp3) is 0.455. The van der Waals surface area contributed by atoms with Crippen molar-refractivity contribution in [3.63, 3.8) is 0 Å². The van der Waals surface area contributed by atoms with Gasteiger partial charge in [-0.15, -0.1) is 0 Å². The first kappa shape index (κ1) is 22.1. The lowest BCUT2D eigenvalue weighted by molar-refractivity contribution is -0.116. The molecule has 1 aromatic carbocycles. The first-order valence-corrected chi connectivity index (χ1v) is 11.2. The zero-order valence-electron chi connectivity index (χ0n) is 17.5. The molecule has 0 saturated carbocycles. The third kappa shape index (κ3) is 5.30. The summed E-state index contributed by atoms with van der Waals surface area (Å²) in [6, 6.07) is 7.95. The second-order valence-electron chi connectivity index (χ2n) is 7.61. The molecule has 2 heterocycles. The van der Waals surface area contributed by atoms with E-state index in [0.29, 0.717) is 28.8 Å². The van der Waals surface area contributed by atoms with E-state index in [2.05, 4.69) is 10.3 Å². The van der Waals surface area contributed by atoms with Gasteiger partial charge in [-0.2, -0.15) is 0 Å². The van der Waals surface area contributed by atoms with Crippen molar-refractivity contribution < 1.29 is 14.3 Å². The second kappa shape index (κ2) is 9.93. The highest BCUT2D eigenvalue weighted by Gasteiger charge is 2.28. The van der Waals surface area contributed by atoms with Gasteiger partial charge in [0.25, 0.3) is 5.56 Å². The molecule has 1 unspecified atom stereocenters. The fourth-order valence-corrected chi connectivity index (χ4v) is 4.28. The lowest BCUT2D eigenvalue weighted by Gasteiger charge is -2.14. The van der Waals surface area contributed by atoms with E-state index in [1.807, 2.05) is 20.8 Å². The zero-order chi connectivity index (χ0) is 21.7. The molecule has 7 nitrogen and oxygen atoms in total. The van der Waals surface area contributed by atoms with Crippen molar-refractivity contribution in [3.8, 4) is 0 Å². The Morgan fingerprint density at radius 2 is 2.03 bits per heavy atom. The third-order valence-corrected chi connectivity index (χ3v) is 5.96. The van der Waals surface area contributed by atoms with Gasteiger partial charge in [0.15, 0.2) is 5.16 Å². The number of thioether (sulfide) groups is 1. The van der Waals surface area contributed by atoms with Gasteiger partial charge >= 0.3 is 5.97 Å². The minimum absolute atomic E-state index is 0.113. The minimum Gasteiger partial charge on any atom is -0.462 e. The Kier molecular flexibility index (Phi) is 7.31. The molecule has 1 amide bonds. The smallest absolute Gasteiger partial charge is 0.338 e. The Hall–Kier alpha value is -2.61. The quantitative estimate of drug-likeness (QED) is 0.388. The first-order chi connectivity index (χ1) is 14.4. The number of benzene rings is 1. The predicted octanol–water partition coefficient (Wildman–Crippen LogP) is 4.00. The molecule has 0 bridgehead atoms. The summed E-state index contributed by atoms with van der Waals surface area (Å²) < 4.78 is 6.80. The molecule has 0 spiro atoms. The first-order valence-electron chi connectivity index (χ1n) is 10.2. The molecule has 160 valence electrons. The number of carbonyl (C=O) groups is 2. The molecule has 0 aliphatic carbocycles. The average molecular weight is 430 g/mol. The molecule has 0 radical (unpaired) electrons. The number of fused-ring (bicyclic) bond motifs is 1. The van der Waals surface area contributed by atoms with Crippen molar-refractivity contribution in [2.75, 3.05) is 17.7 Å². The lowest BCUT2D eigenvalue weighted by atomic mass is 10.1.